The van der Waals surface area contributed by atoms with Crippen LogP contribution in [0.15, 0.2) is 24.3 Å². The highest BCUT2D eigenvalue weighted by Gasteiger charge is 2.07. The van der Waals surface area contributed by atoms with Crippen molar-refractivity contribution in [1.29, 1.82) is 0 Å². The number of benzene rings is 1. The molecule has 0 aliphatic heterocycles. The van der Waals surface area contributed by atoms with E-state index in [0.717, 1.165) is 5.69 Å². The van der Waals surface area contributed by atoms with Crippen molar-refractivity contribution in [3.8, 4) is 11.6 Å². The number of aryl methyl sites for hydroxylation is 2. The Morgan fingerprint density at radius 3 is 2.59 bits per heavy atom. The minimum absolute atomic E-state index is 0.0942. The van der Waals surface area contributed by atoms with Gasteiger partial charge in [0.05, 0.1) is 0 Å². The van der Waals surface area contributed by atoms with Crippen LogP contribution in [-0.4, -0.2) is 9.97 Å². The molecule has 17 heavy (non-hydrogen) atoms. The number of halogens is 1. The molecule has 2 rings (SSSR count). The quantitative estimate of drug-likeness (QED) is 0.810. The Hall–Kier alpha value is -2.17. The normalized spacial score (nSPS) is 10.3. The lowest BCUT2D eigenvalue weighted by molar-refractivity contribution is 0.425. The Morgan fingerprint density at radius 1 is 1.18 bits per heavy atom. The molecule has 88 valence electrons. The van der Waals surface area contributed by atoms with Gasteiger partial charge in [0.15, 0.2) is 11.6 Å². The number of anilines is 1. The largest absolute Gasteiger partial charge is 0.436 e. The lowest BCUT2D eigenvalue weighted by Gasteiger charge is -2.07. The number of nitrogens with zero attached hydrogens (tertiary/aromatic N) is 2. The van der Waals surface area contributed by atoms with Crippen molar-refractivity contribution in [2.75, 3.05) is 5.73 Å². The van der Waals surface area contributed by atoms with Crippen LogP contribution >= 0.6 is 0 Å². The van der Waals surface area contributed by atoms with Gasteiger partial charge < -0.3 is 10.5 Å². The number of aromatic nitrogens is 2. The standard InChI is InChI=1S/C12H12FN3O/c1-7-5-12(16-8(2)15-7)17-11-4-3-9(14)6-10(11)13/h3-6H,14H2,1-2H3. The summed E-state index contributed by atoms with van der Waals surface area (Å²) in [7, 11) is 0. The van der Waals surface area contributed by atoms with E-state index in [0.29, 0.717) is 17.4 Å². The summed E-state index contributed by atoms with van der Waals surface area (Å²) in [6.45, 7) is 3.57. The van der Waals surface area contributed by atoms with Crippen LogP contribution in [-0.2, 0) is 0 Å². The van der Waals surface area contributed by atoms with Crippen LogP contribution in [0, 0.1) is 19.7 Å². The van der Waals surface area contributed by atoms with Gasteiger partial charge in [0.1, 0.15) is 5.82 Å². The topological polar surface area (TPSA) is 61.0 Å². The van der Waals surface area contributed by atoms with Gasteiger partial charge in [0, 0.05) is 23.5 Å². The SMILES string of the molecule is Cc1cc(Oc2ccc(N)cc2F)nc(C)n1. The molecule has 0 aliphatic carbocycles. The monoisotopic (exact) mass is 233 g/mol. The van der Waals surface area contributed by atoms with E-state index in [9.17, 15) is 4.39 Å². The van der Waals surface area contributed by atoms with Crippen molar-refractivity contribution in [2.24, 2.45) is 0 Å². The van der Waals surface area contributed by atoms with Crippen LogP contribution in [0.3, 0.4) is 0 Å². The molecular weight excluding hydrogens is 221 g/mol. The molecule has 0 amide bonds. The fraction of sp³-hybridized carbons (Fsp3) is 0.167. The third kappa shape index (κ3) is 2.69. The zero-order valence-electron chi connectivity index (χ0n) is 9.57. The van der Waals surface area contributed by atoms with Crippen LogP contribution in [0.5, 0.6) is 11.6 Å². The molecule has 0 bridgehead atoms. The van der Waals surface area contributed by atoms with Gasteiger partial charge in [-0.25, -0.2) is 9.37 Å². The van der Waals surface area contributed by atoms with E-state index in [1.807, 2.05) is 6.92 Å². The van der Waals surface area contributed by atoms with E-state index >= 15 is 0 Å². The van der Waals surface area contributed by atoms with E-state index in [2.05, 4.69) is 9.97 Å². The number of ether oxygens (including phenoxy) is 1. The average molecular weight is 233 g/mol. The highest BCUT2D eigenvalue weighted by Crippen LogP contribution is 2.24. The molecule has 2 aromatic rings. The first kappa shape index (κ1) is 11.3. The van der Waals surface area contributed by atoms with Gasteiger partial charge in [-0.05, 0) is 26.0 Å². The predicted molar refractivity (Wildman–Crippen MR) is 62.4 cm³/mol. The highest BCUT2D eigenvalue weighted by atomic mass is 19.1. The van der Waals surface area contributed by atoms with Crippen molar-refractivity contribution in [2.45, 2.75) is 13.8 Å². The molecule has 1 aromatic heterocycles. The second-order valence-corrected chi connectivity index (χ2v) is 3.69. The zero-order chi connectivity index (χ0) is 12.4. The van der Waals surface area contributed by atoms with E-state index in [4.69, 9.17) is 10.5 Å². The van der Waals surface area contributed by atoms with Gasteiger partial charge >= 0.3 is 0 Å². The van der Waals surface area contributed by atoms with Crippen LogP contribution in [0.4, 0.5) is 10.1 Å². The van der Waals surface area contributed by atoms with Crippen LogP contribution < -0.4 is 10.5 Å². The van der Waals surface area contributed by atoms with Crippen LogP contribution in [0.2, 0.25) is 0 Å². The summed E-state index contributed by atoms with van der Waals surface area (Å²) in [4.78, 5) is 8.17. The lowest BCUT2D eigenvalue weighted by atomic mass is 10.3. The molecule has 0 saturated heterocycles. The number of nitrogens with two attached hydrogens (primary N) is 1. The molecule has 0 aliphatic rings. The molecule has 0 fully saturated rings. The second kappa shape index (κ2) is 4.37. The molecule has 0 spiro atoms. The number of nitrogen functional groups attached to an aromatic ring is 1. The molecule has 1 heterocycles. The lowest BCUT2D eigenvalue weighted by Crippen LogP contribution is -1.97. The fourth-order valence-electron chi connectivity index (χ4n) is 1.45. The summed E-state index contributed by atoms with van der Waals surface area (Å²) < 4.78 is 18.8. The minimum Gasteiger partial charge on any atom is -0.436 e. The average Bonchev–Trinajstić information content (AvgIpc) is 2.21. The summed E-state index contributed by atoms with van der Waals surface area (Å²) in [5, 5.41) is 0. The van der Waals surface area contributed by atoms with E-state index in [-0.39, 0.29) is 5.75 Å². The summed E-state index contributed by atoms with van der Waals surface area (Å²) in [5.74, 6) is 0.477. The van der Waals surface area contributed by atoms with Crippen LogP contribution in [0.1, 0.15) is 11.5 Å². The summed E-state index contributed by atoms with van der Waals surface area (Å²) in [6.07, 6.45) is 0. The van der Waals surface area contributed by atoms with Gasteiger partial charge in [0.2, 0.25) is 5.88 Å². The summed E-state index contributed by atoms with van der Waals surface area (Å²) in [5.41, 5.74) is 6.57. The Kier molecular flexibility index (Phi) is 2.91. The first-order valence-electron chi connectivity index (χ1n) is 5.10. The fourth-order valence-corrected chi connectivity index (χ4v) is 1.45. The smallest absolute Gasteiger partial charge is 0.222 e. The van der Waals surface area contributed by atoms with Crippen molar-refractivity contribution in [3.63, 3.8) is 0 Å². The molecule has 5 heteroatoms. The van der Waals surface area contributed by atoms with Crippen molar-refractivity contribution < 1.29 is 9.13 Å². The molecule has 0 saturated carbocycles. The van der Waals surface area contributed by atoms with Gasteiger partial charge in [-0.2, -0.15) is 4.98 Å². The zero-order valence-corrected chi connectivity index (χ0v) is 9.57. The van der Waals surface area contributed by atoms with Gasteiger partial charge in [0.25, 0.3) is 0 Å². The maximum absolute atomic E-state index is 13.5. The molecule has 1 aromatic carbocycles. The predicted octanol–water partition coefficient (Wildman–Crippen LogP) is 2.61. The van der Waals surface area contributed by atoms with Gasteiger partial charge in [-0.1, -0.05) is 0 Å². The number of rotatable bonds is 2. The van der Waals surface area contributed by atoms with Crippen molar-refractivity contribution in [3.05, 3.63) is 41.6 Å². The van der Waals surface area contributed by atoms with E-state index in [1.54, 1.807) is 19.1 Å². The number of hydrogen-bond donors (Lipinski definition) is 1. The minimum atomic E-state index is -0.515. The highest BCUT2D eigenvalue weighted by molar-refractivity contribution is 5.43. The van der Waals surface area contributed by atoms with Crippen LogP contribution in [0.25, 0.3) is 0 Å². The molecule has 0 atom stereocenters. The maximum atomic E-state index is 13.5. The second-order valence-electron chi connectivity index (χ2n) is 3.69. The van der Waals surface area contributed by atoms with Crippen molar-refractivity contribution >= 4 is 5.69 Å². The summed E-state index contributed by atoms with van der Waals surface area (Å²) in [6, 6.07) is 5.88. The molecule has 4 nitrogen and oxygen atoms in total. The Bertz CT molecular complexity index is 537. The molecule has 0 radical (unpaired) electrons. The third-order valence-electron chi connectivity index (χ3n) is 2.11. The Morgan fingerprint density at radius 2 is 1.94 bits per heavy atom. The van der Waals surface area contributed by atoms with E-state index in [1.165, 1.54) is 12.1 Å². The Balaban J connectivity index is 2.31. The van der Waals surface area contributed by atoms with E-state index < -0.39 is 5.82 Å². The first-order chi connectivity index (χ1) is 8.04. The molecular formula is C12H12FN3O. The van der Waals surface area contributed by atoms with Gasteiger partial charge in [-0.15, -0.1) is 0 Å². The molecule has 0 unspecified atom stereocenters. The third-order valence-corrected chi connectivity index (χ3v) is 2.11. The maximum Gasteiger partial charge on any atom is 0.222 e. The summed E-state index contributed by atoms with van der Waals surface area (Å²) >= 11 is 0. The molecule has 2 N–H and O–H groups in total. The Labute approximate surface area is 98.3 Å². The first-order valence-corrected chi connectivity index (χ1v) is 5.10. The van der Waals surface area contributed by atoms with Crippen molar-refractivity contribution in [1.82, 2.24) is 9.97 Å². The number of hydrogen-bond acceptors (Lipinski definition) is 4. The van der Waals surface area contributed by atoms with Gasteiger partial charge in [-0.3, -0.25) is 0 Å².